The number of fused-ring (bicyclic) bond motifs is 1. The largest absolute Gasteiger partial charge is 0.469 e. The summed E-state index contributed by atoms with van der Waals surface area (Å²) in [6.07, 6.45) is 4.44. The summed E-state index contributed by atoms with van der Waals surface area (Å²) in [5.41, 5.74) is 0. The van der Waals surface area contributed by atoms with Crippen LogP contribution < -0.4 is 10.6 Å². The fourth-order valence-electron chi connectivity index (χ4n) is 2.48. The zero-order chi connectivity index (χ0) is 12.3. The maximum absolute atomic E-state index is 11.3. The van der Waals surface area contributed by atoms with Gasteiger partial charge in [0.25, 0.3) is 0 Å². The highest BCUT2D eigenvalue weighted by Crippen LogP contribution is 2.42. The number of esters is 1. The molecule has 1 saturated carbocycles. The summed E-state index contributed by atoms with van der Waals surface area (Å²) < 4.78 is 4.59. The van der Waals surface area contributed by atoms with Gasteiger partial charge in [0.1, 0.15) is 4.87 Å². The molecule has 2 amide bonds. The van der Waals surface area contributed by atoms with Crippen LogP contribution >= 0.6 is 11.8 Å². The van der Waals surface area contributed by atoms with Crippen LogP contribution in [-0.2, 0) is 9.53 Å². The van der Waals surface area contributed by atoms with Crippen molar-refractivity contribution in [1.29, 1.82) is 0 Å². The molecule has 1 heterocycles. The number of ether oxygens (including phenoxy) is 1. The van der Waals surface area contributed by atoms with Crippen molar-refractivity contribution in [3.05, 3.63) is 0 Å². The Balaban J connectivity index is 1.77. The highest BCUT2D eigenvalue weighted by Gasteiger charge is 2.49. The summed E-state index contributed by atoms with van der Waals surface area (Å²) in [6.45, 7) is 0. The van der Waals surface area contributed by atoms with Gasteiger partial charge in [-0.2, -0.15) is 0 Å². The Morgan fingerprint density at radius 3 is 3.24 bits per heavy atom. The van der Waals surface area contributed by atoms with E-state index in [-0.39, 0.29) is 22.9 Å². The van der Waals surface area contributed by atoms with Gasteiger partial charge in [-0.3, -0.25) is 4.79 Å². The minimum absolute atomic E-state index is 0.0600. The zero-order valence-electron chi connectivity index (χ0n) is 9.95. The van der Waals surface area contributed by atoms with Crippen LogP contribution in [0, 0.1) is 0 Å². The van der Waals surface area contributed by atoms with Crippen LogP contribution in [0.2, 0.25) is 0 Å². The van der Waals surface area contributed by atoms with E-state index in [1.807, 2.05) is 0 Å². The third-order valence-corrected chi connectivity index (χ3v) is 4.95. The van der Waals surface area contributed by atoms with E-state index in [9.17, 15) is 9.59 Å². The highest BCUT2D eigenvalue weighted by molar-refractivity contribution is 8.00. The molecule has 1 aliphatic carbocycles. The quantitative estimate of drug-likeness (QED) is 0.575. The molecule has 5 nitrogen and oxygen atoms in total. The number of hydrogen-bond donors (Lipinski definition) is 2. The van der Waals surface area contributed by atoms with Gasteiger partial charge in [0, 0.05) is 6.42 Å². The van der Waals surface area contributed by atoms with Crippen molar-refractivity contribution in [3.63, 3.8) is 0 Å². The van der Waals surface area contributed by atoms with Gasteiger partial charge in [-0.15, -0.1) is 11.8 Å². The molecule has 1 saturated heterocycles. The second kappa shape index (κ2) is 5.16. The Kier molecular flexibility index (Phi) is 3.81. The third kappa shape index (κ3) is 2.68. The molecule has 0 radical (unpaired) electrons. The van der Waals surface area contributed by atoms with Gasteiger partial charge < -0.3 is 15.4 Å². The van der Waals surface area contributed by atoms with E-state index in [4.69, 9.17) is 0 Å². The monoisotopic (exact) mass is 258 g/mol. The van der Waals surface area contributed by atoms with Crippen molar-refractivity contribution in [2.24, 2.45) is 0 Å². The second-order valence-corrected chi connectivity index (χ2v) is 5.89. The molecule has 0 aromatic rings. The average molecular weight is 258 g/mol. The number of carbonyl (C=O) groups is 2. The number of thioether (sulfide) groups is 1. The summed E-state index contributed by atoms with van der Waals surface area (Å²) in [5.74, 6) is 0.702. The normalized spacial score (nSPS) is 30.6. The summed E-state index contributed by atoms with van der Waals surface area (Å²) >= 11 is 1.76. The first-order chi connectivity index (χ1) is 8.16. The Morgan fingerprint density at radius 2 is 2.47 bits per heavy atom. The van der Waals surface area contributed by atoms with Crippen molar-refractivity contribution in [1.82, 2.24) is 10.6 Å². The molecule has 6 heteroatoms. The number of amides is 2. The summed E-state index contributed by atoms with van der Waals surface area (Å²) in [6, 6.07) is 0.188. The molecular weight excluding hydrogens is 240 g/mol. The Morgan fingerprint density at radius 1 is 1.65 bits per heavy atom. The van der Waals surface area contributed by atoms with E-state index >= 15 is 0 Å². The standard InChI is InChI=1S/C11H18N2O3S/c1-16-9(14)5-3-7-17-11-6-2-4-8(11)12-10(15)13-11/h8H,2-7H2,1H3,(H2,12,13,15). The lowest BCUT2D eigenvalue weighted by Gasteiger charge is -2.27. The van der Waals surface area contributed by atoms with Gasteiger partial charge in [-0.1, -0.05) is 0 Å². The predicted octanol–water partition coefficient (Wildman–Crippen LogP) is 1.23. The van der Waals surface area contributed by atoms with Crippen LogP contribution in [0.15, 0.2) is 0 Å². The first kappa shape index (κ1) is 12.5. The van der Waals surface area contributed by atoms with Crippen LogP contribution in [0.25, 0.3) is 0 Å². The van der Waals surface area contributed by atoms with E-state index in [0.717, 1.165) is 31.4 Å². The molecule has 2 rings (SSSR count). The topological polar surface area (TPSA) is 67.4 Å². The van der Waals surface area contributed by atoms with Gasteiger partial charge in [0.05, 0.1) is 13.2 Å². The van der Waals surface area contributed by atoms with E-state index in [0.29, 0.717) is 6.42 Å². The van der Waals surface area contributed by atoms with Crippen LogP contribution in [0.3, 0.4) is 0 Å². The number of hydrogen-bond acceptors (Lipinski definition) is 4. The first-order valence-electron chi connectivity index (χ1n) is 5.96. The van der Waals surface area contributed by atoms with E-state index in [2.05, 4.69) is 15.4 Å². The SMILES string of the molecule is COC(=O)CCCSC12CCCC1NC(=O)N2. The third-order valence-electron chi connectivity index (χ3n) is 3.35. The van der Waals surface area contributed by atoms with Gasteiger partial charge in [0.2, 0.25) is 0 Å². The van der Waals surface area contributed by atoms with Gasteiger partial charge in [-0.05, 0) is 31.4 Å². The number of urea groups is 1. The molecule has 0 aromatic carbocycles. The van der Waals surface area contributed by atoms with Crippen molar-refractivity contribution in [2.75, 3.05) is 12.9 Å². The molecule has 17 heavy (non-hydrogen) atoms. The molecule has 96 valence electrons. The van der Waals surface area contributed by atoms with Crippen molar-refractivity contribution >= 4 is 23.8 Å². The first-order valence-corrected chi connectivity index (χ1v) is 6.94. The van der Waals surface area contributed by atoms with Crippen molar-refractivity contribution in [2.45, 2.75) is 43.0 Å². The summed E-state index contributed by atoms with van der Waals surface area (Å²) in [7, 11) is 1.41. The molecule has 2 fully saturated rings. The molecule has 0 bridgehead atoms. The fraction of sp³-hybridized carbons (Fsp3) is 0.818. The second-order valence-electron chi connectivity index (χ2n) is 4.46. The molecule has 2 aliphatic rings. The van der Waals surface area contributed by atoms with E-state index in [1.165, 1.54) is 7.11 Å². The smallest absolute Gasteiger partial charge is 0.316 e. The van der Waals surface area contributed by atoms with E-state index < -0.39 is 0 Å². The minimum Gasteiger partial charge on any atom is -0.469 e. The average Bonchev–Trinajstić information content (AvgIpc) is 2.79. The number of methoxy groups -OCH3 is 1. The van der Waals surface area contributed by atoms with Gasteiger partial charge >= 0.3 is 12.0 Å². The van der Waals surface area contributed by atoms with Crippen LogP contribution in [0.5, 0.6) is 0 Å². The maximum atomic E-state index is 11.3. The highest BCUT2D eigenvalue weighted by atomic mass is 32.2. The van der Waals surface area contributed by atoms with Crippen molar-refractivity contribution in [3.8, 4) is 0 Å². The summed E-state index contributed by atoms with van der Waals surface area (Å²) in [5, 5.41) is 5.98. The molecule has 0 spiro atoms. The number of rotatable bonds is 5. The lowest BCUT2D eigenvalue weighted by Crippen LogP contribution is -2.42. The lowest BCUT2D eigenvalue weighted by atomic mass is 10.2. The predicted molar refractivity (Wildman–Crippen MR) is 65.7 cm³/mol. The molecule has 2 atom stereocenters. The Bertz CT molecular complexity index is 324. The number of carbonyl (C=O) groups excluding carboxylic acids is 2. The molecule has 0 aromatic heterocycles. The van der Waals surface area contributed by atoms with Gasteiger partial charge in [-0.25, -0.2) is 4.79 Å². The zero-order valence-corrected chi connectivity index (χ0v) is 10.8. The van der Waals surface area contributed by atoms with Crippen LogP contribution in [-0.4, -0.2) is 35.8 Å². The maximum Gasteiger partial charge on any atom is 0.316 e. The Labute approximate surface area is 105 Å². The molecule has 1 aliphatic heterocycles. The van der Waals surface area contributed by atoms with E-state index in [1.54, 1.807) is 11.8 Å². The molecule has 2 unspecified atom stereocenters. The van der Waals surface area contributed by atoms with Gasteiger partial charge in [0.15, 0.2) is 0 Å². The lowest BCUT2D eigenvalue weighted by molar-refractivity contribution is -0.140. The Hall–Kier alpha value is -0.910. The van der Waals surface area contributed by atoms with Crippen LogP contribution in [0.4, 0.5) is 4.79 Å². The molecule has 2 N–H and O–H groups in total. The molecular formula is C11H18N2O3S. The van der Waals surface area contributed by atoms with Crippen molar-refractivity contribution < 1.29 is 14.3 Å². The number of nitrogens with one attached hydrogen (secondary N) is 2. The summed E-state index contributed by atoms with van der Waals surface area (Å²) in [4.78, 5) is 22.2. The minimum atomic E-state index is -0.167. The van der Waals surface area contributed by atoms with Crippen LogP contribution in [0.1, 0.15) is 32.1 Å². The fourth-order valence-corrected chi connectivity index (χ4v) is 3.97.